The summed E-state index contributed by atoms with van der Waals surface area (Å²) in [6, 6.07) is 14.8. The summed E-state index contributed by atoms with van der Waals surface area (Å²) in [5, 5.41) is 4.29. The van der Waals surface area contributed by atoms with Gasteiger partial charge in [-0.2, -0.15) is 0 Å². The molecule has 1 N–H and O–H groups in total. The van der Waals surface area contributed by atoms with Crippen LogP contribution in [-0.2, 0) is 16.6 Å². The largest absolute Gasteiger partial charge is 0.314 e. The fourth-order valence-electron chi connectivity index (χ4n) is 3.36. The van der Waals surface area contributed by atoms with Crippen molar-refractivity contribution in [2.24, 2.45) is 0 Å². The molecule has 2 aromatic carbocycles. The smallest absolute Gasteiger partial charge is 0.269 e. The molecule has 0 bridgehead atoms. The third kappa shape index (κ3) is 4.56. The summed E-state index contributed by atoms with van der Waals surface area (Å²) in [6.07, 6.45) is 1.63. The van der Waals surface area contributed by atoms with E-state index in [-0.39, 0.29) is 29.7 Å². The van der Waals surface area contributed by atoms with Crippen molar-refractivity contribution in [3.05, 3.63) is 64.8 Å². The molecule has 3 aromatic rings. The van der Waals surface area contributed by atoms with Crippen LogP contribution in [-0.4, -0.2) is 43.5 Å². The van der Waals surface area contributed by atoms with Crippen LogP contribution in [0, 0.1) is 0 Å². The number of nitrogens with zero attached hydrogens (tertiary/aromatic N) is 2. The van der Waals surface area contributed by atoms with E-state index >= 15 is 0 Å². The van der Waals surface area contributed by atoms with Crippen LogP contribution in [0.15, 0.2) is 64.1 Å². The molecule has 1 aliphatic heterocycles. The number of rotatable bonds is 4. The molecule has 0 saturated carbocycles. The Morgan fingerprint density at radius 2 is 1.71 bits per heavy atom. The second kappa shape index (κ2) is 9.61. The van der Waals surface area contributed by atoms with E-state index in [1.165, 1.54) is 9.54 Å². The molecule has 0 radical (unpaired) electrons. The van der Waals surface area contributed by atoms with E-state index in [1.54, 1.807) is 30.5 Å². The lowest BCUT2D eigenvalue weighted by Crippen LogP contribution is -2.42. The third-order valence-electron chi connectivity index (χ3n) is 4.71. The summed E-state index contributed by atoms with van der Waals surface area (Å²) in [4.78, 5) is 2.68. The zero-order valence-corrected chi connectivity index (χ0v) is 19.1. The Labute approximate surface area is 186 Å². The molecule has 4 rings (SSSR count). The highest BCUT2D eigenvalue weighted by Crippen LogP contribution is 2.27. The molecule has 0 unspecified atom stereocenters. The number of fused-ring (bicyclic) bond motifs is 1. The molecule has 28 heavy (non-hydrogen) atoms. The normalized spacial score (nSPS) is 15.0. The summed E-state index contributed by atoms with van der Waals surface area (Å²) < 4.78 is 28.0. The first-order chi connectivity index (χ1) is 12.6. The lowest BCUT2D eigenvalue weighted by Gasteiger charge is -2.27. The molecule has 1 saturated heterocycles. The summed E-state index contributed by atoms with van der Waals surface area (Å²) in [6.45, 7) is 5.00. The van der Waals surface area contributed by atoms with Crippen molar-refractivity contribution in [3.8, 4) is 0 Å². The van der Waals surface area contributed by atoms with Crippen LogP contribution in [0.5, 0.6) is 0 Å². The molecule has 1 aromatic heterocycles. The van der Waals surface area contributed by atoms with E-state index in [0.717, 1.165) is 38.1 Å². The molecular weight excluding hydrogens is 485 g/mol. The second-order valence-electron chi connectivity index (χ2n) is 6.47. The van der Waals surface area contributed by atoms with Crippen molar-refractivity contribution >= 4 is 61.7 Å². The number of benzene rings is 2. The minimum absolute atomic E-state index is 0. The van der Waals surface area contributed by atoms with E-state index in [2.05, 4.69) is 32.2 Å². The predicted octanol–water partition coefficient (Wildman–Crippen LogP) is 3.89. The standard InChI is InChI=1S/C19H20BrN3O2S.2ClH/c20-17-3-1-2-4-19(17)26(24,25)23-10-7-16-13-15(5-6-18(16)23)14-22-11-8-21-9-12-22;;/h1-7,10,13,21H,8-9,11-12,14H2;2*1H. The van der Waals surface area contributed by atoms with Crippen LogP contribution in [0.4, 0.5) is 0 Å². The van der Waals surface area contributed by atoms with E-state index in [0.29, 0.717) is 9.99 Å². The van der Waals surface area contributed by atoms with E-state index < -0.39 is 10.0 Å². The summed E-state index contributed by atoms with van der Waals surface area (Å²) in [5.41, 5.74) is 1.90. The average Bonchev–Trinajstić information content (AvgIpc) is 3.07. The van der Waals surface area contributed by atoms with Gasteiger partial charge in [-0.3, -0.25) is 4.90 Å². The first-order valence-corrected chi connectivity index (χ1v) is 10.8. The Balaban J connectivity index is 0.00000140. The Bertz CT molecular complexity index is 1050. The monoisotopic (exact) mass is 505 g/mol. The highest BCUT2D eigenvalue weighted by molar-refractivity contribution is 9.10. The van der Waals surface area contributed by atoms with Crippen molar-refractivity contribution < 1.29 is 8.42 Å². The Morgan fingerprint density at radius 3 is 2.43 bits per heavy atom. The summed E-state index contributed by atoms with van der Waals surface area (Å²) >= 11 is 3.35. The van der Waals surface area contributed by atoms with E-state index in [4.69, 9.17) is 0 Å². The third-order valence-corrected chi connectivity index (χ3v) is 7.41. The fraction of sp³-hybridized carbons (Fsp3) is 0.263. The number of hydrogen-bond donors (Lipinski definition) is 1. The number of nitrogens with one attached hydrogen (secondary N) is 1. The van der Waals surface area contributed by atoms with Gasteiger partial charge in [-0.05, 0) is 51.8 Å². The van der Waals surface area contributed by atoms with Gasteiger partial charge in [0.1, 0.15) is 4.90 Å². The summed E-state index contributed by atoms with van der Waals surface area (Å²) in [7, 11) is -3.64. The summed E-state index contributed by atoms with van der Waals surface area (Å²) in [5.74, 6) is 0. The van der Waals surface area contributed by atoms with Crippen molar-refractivity contribution in [2.45, 2.75) is 11.4 Å². The molecule has 152 valence electrons. The highest BCUT2D eigenvalue weighted by atomic mass is 79.9. The Kier molecular flexibility index (Phi) is 7.96. The van der Waals surface area contributed by atoms with Gasteiger partial charge in [0.15, 0.2) is 0 Å². The molecule has 5 nitrogen and oxygen atoms in total. The fourth-order valence-corrected chi connectivity index (χ4v) is 5.68. The van der Waals surface area contributed by atoms with Crippen LogP contribution >= 0.6 is 40.7 Å². The van der Waals surface area contributed by atoms with Gasteiger partial charge in [0.05, 0.1) is 5.52 Å². The zero-order chi connectivity index (χ0) is 18.1. The topological polar surface area (TPSA) is 54.3 Å². The number of aromatic nitrogens is 1. The molecule has 9 heteroatoms. The van der Waals surface area contributed by atoms with Crippen LogP contribution in [0.25, 0.3) is 10.9 Å². The van der Waals surface area contributed by atoms with Gasteiger partial charge in [-0.25, -0.2) is 12.4 Å². The first-order valence-electron chi connectivity index (χ1n) is 8.59. The van der Waals surface area contributed by atoms with E-state index in [9.17, 15) is 8.42 Å². The molecule has 1 fully saturated rings. The molecule has 2 heterocycles. The van der Waals surface area contributed by atoms with Crippen LogP contribution < -0.4 is 5.32 Å². The van der Waals surface area contributed by atoms with Crippen LogP contribution in [0.1, 0.15) is 5.56 Å². The molecule has 1 aliphatic rings. The minimum Gasteiger partial charge on any atom is -0.314 e. The lowest BCUT2D eigenvalue weighted by molar-refractivity contribution is 0.233. The highest BCUT2D eigenvalue weighted by Gasteiger charge is 2.21. The Hall–Kier alpha value is -1.09. The number of halogens is 3. The van der Waals surface area contributed by atoms with Gasteiger partial charge < -0.3 is 5.32 Å². The van der Waals surface area contributed by atoms with Crippen molar-refractivity contribution in [3.63, 3.8) is 0 Å². The SMILES string of the molecule is Cl.Cl.O=S(=O)(c1ccccc1Br)n1ccc2cc(CN3CCNCC3)ccc21. The van der Waals surface area contributed by atoms with Crippen molar-refractivity contribution in [1.82, 2.24) is 14.2 Å². The second-order valence-corrected chi connectivity index (χ2v) is 9.10. The molecular formula is C19H22BrCl2N3O2S. The van der Waals surface area contributed by atoms with Crippen molar-refractivity contribution in [2.75, 3.05) is 26.2 Å². The average molecular weight is 507 g/mol. The maximum atomic E-state index is 13.0. The minimum atomic E-state index is -3.64. The lowest BCUT2D eigenvalue weighted by atomic mass is 10.1. The van der Waals surface area contributed by atoms with Gasteiger partial charge >= 0.3 is 0 Å². The van der Waals surface area contributed by atoms with E-state index in [1.807, 2.05) is 18.2 Å². The molecule has 0 aliphatic carbocycles. The van der Waals surface area contributed by atoms with Crippen LogP contribution in [0.2, 0.25) is 0 Å². The van der Waals surface area contributed by atoms with Gasteiger partial charge in [-0.1, -0.05) is 18.2 Å². The van der Waals surface area contributed by atoms with Gasteiger partial charge in [-0.15, -0.1) is 24.8 Å². The first kappa shape index (κ1) is 23.2. The molecule has 0 spiro atoms. The molecule has 0 amide bonds. The van der Waals surface area contributed by atoms with Crippen LogP contribution in [0.3, 0.4) is 0 Å². The maximum Gasteiger partial charge on any atom is 0.269 e. The maximum absolute atomic E-state index is 13.0. The predicted molar refractivity (Wildman–Crippen MR) is 121 cm³/mol. The molecule has 0 atom stereocenters. The van der Waals surface area contributed by atoms with Gasteiger partial charge in [0, 0.05) is 48.8 Å². The number of hydrogen-bond acceptors (Lipinski definition) is 4. The Morgan fingerprint density at radius 1 is 1.00 bits per heavy atom. The van der Waals surface area contributed by atoms with Gasteiger partial charge in [0.2, 0.25) is 0 Å². The van der Waals surface area contributed by atoms with Gasteiger partial charge in [0.25, 0.3) is 10.0 Å². The number of piperazine rings is 1. The zero-order valence-electron chi connectivity index (χ0n) is 15.0. The quantitative estimate of drug-likeness (QED) is 0.583. The van der Waals surface area contributed by atoms with Crippen molar-refractivity contribution in [1.29, 1.82) is 0 Å².